The van der Waals surface area contributed by atoms with Gasteiger partial charge in [0.05, 0.1) is 4.88 Å². The molecule has 2 fully saturated rings. The van der Waals surface area contributed by atoms with Crippen molar-refractivity contribution in [3.63, 3.8) is 0 Å². The molecule has 2 aliphatic rings. The molecule has 0 radical (unpaired) electrons. The fourth-order valence-electron chi connectivity index (χ4n) is 2.73. The van der Waals surface area contributed by atoms with Gasteiger partial charge in [-0.05, 0) is 30.7 Å². The molecule has 3 heterocycles. The SMILES string of the molecule is O=C(c1cccs1)N1CCCN(c2nc(C3CC3)ns2)CC1. The van der Waals surface area contributed by atoms with E-state index < -0.39 is 0 Å². The van der Waals surface area contributed by atoms with Gasteiger partial charge in [0.15, 0.2) is 0 Å². The van der Waals surface area contributed by atoms with E-state index in [1.807, 2.05) is 22.4 Å². The molecule has 7 heteroatoms. The van der Waals surface area contributed by atoms with E-state index in [2.05, 4.69) is 14.3 Å². The minimum Gasteiger partial charge on any atom is -0.345 e. The number of nitrogens with zero attached hydrogens (tertiary/aromatic N) is 4. The molecule has 22 heavy (non-hydrogen) atoms. The lowest BCUT2D eigenvalue weighted by Crippen LogP contribution is -2.34. The molecular formula is C15H18N4OS2. The molecule has 1 amide bonds. The van der Waals surface area contributed by atoms with E-state index in [1.165, 1.54) is 35.7 Å². The van der Waals surface area contributed by atoms with E-state index in [9.17, 15) is 4.79 Å². The van der Waals surface area contributed by atoms with E-state index in [0.29, 0.717) is 5.92 Å². The smallest absolute Gasteiger partial charge is 0.263 e. The molecule has 1 aliphatic carbocycles. The van der Waals surface area contributed by atoms with E-state index in [4.69, 9.17) is 0 Å². The van der Waals surface area contributed by atoms with Crippen molar-refractivity contribution in [2.45, 2.75) is 25.2 Å². The number of anilines is 1. The largest absolute Gasteiger partial charge is 0.345 e. The first-order chi connectivity index (χ1) is 10.8. The molecule has 2 aromatic heterocycles. The van der Waals surface area contributed by atoms with Gasteiger partial charge in [-0.2, -0.15) is 4.37 Å². The van der Waals surface area contributed by atoms with Gasteiger partial charge in [0, 0.05) is 43.6 Å². The summed E-state index contributed by atoms with van der Waals surface area (Å²) in [5, 5.41) is 2.98. The van der Waals surface area contributed by atoms with Crippen LogP contribution in [0.1, 0.15) is 40.7 Å². The lowest BCUT2D eigenvalue weighted by molar-refractivity contribution is 0.0772. The molecule has 5 nitrogen and oxygen atoms in total. The van der Waals surface area contributed by atoms with Crippen molar-refractivity contribution in [3.05, 3.63) is 28.2 Å². The zero-order chi connectivity index (χ0) is 14.9. The van der Waals surface area contributed by atoms with Crippen LogP contribution in [0.25, 0.3) is 0 Å². The number of thiophene rings is 1. The zero-order valence-electron chi connectivity index (χ0n) is 12.3. The van der Waals surface area contributed by atoms with Crippen LogP contribution in [0.4, 0.5) is 5.13 Å². The zero-order valence-corrected chi connectivity index (χ0v) is 13.9. The van der Waals surface area contributed by atoms with Crippen LogP contribution in [0.2, 0.25) is 0 Å². The molecular weight excluding hydrogens is 316 g/mol. The molecule has 0 aromatic carbocycles. The first-order valence-corrected chi connectivity index (χ1v) is 9.38. The maximum Gasteiger partial charge on any atom is 0.263 e. The number of aromatic nitrogens is 2. The third kappa shape index (κ3) is 2.87. The number of rotatable bonds is 3. The molecule has 1 saturated heterocycles. The first kappa shape index (κ1) is 14.1. The summed E-state index contributed by atoms with van der Waals surface area (Å²) < 4.78 is 4.49. The summed E-state index contributed by atoms with van der Waals surface area (Å²) in [7, 11) is 0. The molecule has 2 aromatic rings. The van der Waals surface area contributed by atoms with Crippen molar-refractivity contribution in [3.8, 4) is 0 Å². The van der Waals surface area contributed by atoms with Crippen molar-refractivity contribution < 1.29 is 4.79 Å². The molecule has 116 valence electrons. The third-order valence-electron chi connectivity index (χ3n) is 4.16. The molecule has 0 bridgehead atoms. The van der Waals surface area contributed by atoms with Crippen LogP contribution in [0, 0.1) is 0 Å². The Morgan fingerprint density at radius 2 is 2.14 bits per heavy atom. The van der Waals surface area contributed by atoms with Gasteiger partial charge in [-0.3, -0.25) is 4.79 Å². The standard InChI is InChI=1S/C15H18N4OS2/c20-14(12-3-1-10-21-12)18-6-2-7-19(9-8-18)15-16-13(17-22-15)11-4-5-11/h1,3,10-11H,2,4-9H2. The van der Waals surface area contributed by atoms with Gasteiger partial charge in [0.1, 0.15) is 5.82 Å². The van der Waals surface area contributed by atoms with Crippen LogP contribution < -0.4 is 4.90 Å². The summed E-state index contributed by atoms with van der Waals surface area (Å²) in [4.78, 5) is 22.2. The van der Waals surface area contributed by atoms with Crippen molar-refractivity contribution in [1.29, 1.82) is 0 Å². The van der Waals surface area contributed by atoms with Crippen LogP contribution in [-0.4, -0.2) is 46.3 Å². The molecule has 0 N–H and O–H groups in total. The van der Waals surface area contributed by atoms with Crippen LogP contribution in [0.5, 0.6) is 0 Å². The number of hydrogen-bond acceptors (Lipinski definition) is 6. The van der Waals surface area contributed by atoms with Gasteiger partial charge in [-0.25, -0.2) is 4.98 Å². The number of hydrogen-bond donors (Lipinski definition) is 0. The Kier molecular flexibility index (Phi) is 3.83. The average Bonchev–Trinajstić information content (AvgIpc) is 3.11. The fraction of sp³-hybridized carbons (Fsp3) is 0.533. The van der Waals surface area contributed by atoms with E-state index in [-0.39, 0.29) is 5.91 Å². The maximum atomic E-state index is 12.5. The van der Waals surface area contributed by atoms with Crippen molar-refractivity contribution in [1.82, 2.24) is 14.3 Å². The van der Waals surface area contributed by atoms with E-state index >= 15 is 0 Å². The Bertz CT molecular complexity index is 650. The van der Waals surface area contributed by atoms with Gasteiger partial charge >= 0.3 is 0 Å². The Morgan fingerprint density at radius 1 is 1.23 bits per heavy atom. The molecule has 1 aliphatic heterocycles. The second kappa shape index (κ2) is 5.96. The summed E-state index contributed by atoms with van der Waals surface area (Å²) >= 11 is 3.02. The van der Waals surface area contributed by atoms with Crippen LogP contribution in [0.15, 0.2) is 17.5 Å². The van der Waals surface area contributed by atoms with Gasteiger partial charge in [-0.15, -0.1) is 11.3 Å². The predicted octanol–water partition coefficient (Wildman–Crippen LogP) is 2.83. The highest BCUT2D eigenvalue weighted by Gasteiger charge is 2.29. The highest BCUT2D eigenvalue weighted by molar-refractivity contribution is 7.12. The highest BCUT2D eigenvalue weighted by atomic mass is 32.1. The highest BCUT2D eigenvalue weighted by Crippen LogP contribution is 2.39. The first-order valence-electron chi connectivity index (χ1n) is 7.72. The summed E-state index contributed by atoms with van der Waals surface area (Å²) in [5.74, 6) is 1.79. The van der Waals surface area contributed by atoms with Crippen LogP contribution >= 0.6 is 22.9 Å². The fourth-order valence-corrected chi connectivity index (χ4v) is 4.22. The number of carbonyl (C=O) groups is 1. The maximum absolute atomic E-state index is 12.5. The van der Waals surface area contributed by atoms with Crippen molar-refractivity contribution in [2.75, 3.05) is 31.1 Å². The molecule has 4 rings (SSSR count). The van der Waals surface area contributed by atoms with Crippen LogP contribution in [0.3, 0.4) is 0 Å². The van der Waals surface area contributed by atoms with E-state index in [0.717, 1.165) is 48.4 Å². The van der Waals surface area contributed by atoms with Gasteiger partial charge in [0.25, 0.3) is 5.91 Å². The lowest BCUT2D eigenvalue weighted by Gasteiger charge is -2.20. The molecule has 0 unspecified atom stereocenters. The van der Waals surface area contributed by atoms with Gasteiger partial charge in [0.2, 0.25) is 5.13 Å². The normalized spacial score (nSPS) is 19.3. The number of amides is 1. The minimum atomic E-state index is 0.160. The molecule has 1 saturated carbocycles. The summed E-state index contributed by atoms with van der Waals surface area (Å²) in [6, 6.07) is 3.84. The summed E-state index contributed by atoms with van der Waals surface area (Å²) in [6.45, 7) is 3.38. The minimum absolute atomic E-state index is 0.160. The second-order valence-corrected chi connectivity index (χ2v) is 7.50. The van der Waals surface area contributed by atoms with Crippen molar-refractivity contribution >= 4 is 33.9 Å². The Morgan fingerprint density at radius 3 is 2.91 bits per heavy atom. The number of carbonyl (C=O) groups excluding carboxylic acids is 1. The Hall–Kier alpha value is -1.47. The Balaban J connectivity index is 1.42. The van der Waals surface area contributed by atoms with Gasteiger partial charge in [-0.1, -0.05) is 6.07 Å². The third-order valence-corrected chi connectivity index (χ3v) is 5.81. The van der Waals surface area contributed by atoms with Gasteiger partial charge < -0.3 is 9.80 Å². The Labute approximate surface area is 137 Å². The molecule has 0 spiro atoms. The van der Waals surface area contributed by atoms with E-state index in [1.54, 1.807) is 0 Å². The monoisotopic (exact) mass is 334 g/mol. The lowest BCUT2D eigenvalue weighted by atomic mass is 10.3. The average molecular weight is 334 g/mol. The van der Waals surface area contributed by atoms with Crippen molar-refractivity contribution in [2.24, 2.45) is 0 Å². The summed E-state index contributed by atoms with van der Waals surface area (Å²) in [5.41, 5.74) is 0. The quantitative estimate of drug-likeness (QED) is 0.866. The molecule has 0 atom stereocenters. The van der Waals surface area contributed by atoms with Crippen LogP contribution in [-0.2, 0) is 0 Å². The topological polar surface area (TPSA) is 49.3 Å². The second-order valence-electron chi connectivity index (χ2n) is 5.82. The summed E-state index contributed by atoms with van der Waals surface area (Å²) in [6.07, 6.45) is 3.45. The predicted molar refractivity (Wildman–Crippen MR) is 88.9 cm³/mol.